The quantitative estimate of drug-likeness (QED) is 0.482. The van der Waals surface area contributed by atoms with Crippen LogP contribution in [-0.4, -0.2) is 30.5 Å². The highest BCUT2D eigenvalue weighted by molar-refractivity contribution is 6.53. The van der Waals surface area contributed by atoms with Crippen molar-refractivity contribution in [1.29, 1.82) is 0 Å². The molecule has 5 nitrogen and oxygen atoms in total. The van der Waals surface area contributed by atoms with Gasteiger partial charge in [0, 0.05) is 6.42 Å². The Morgan fingerprint density at radius 2 is 1.81 bits per heavy atom. The van der Waals surface area contributed by atoms with Crippen LogP contribution in [0.3, 0.4) is 0 Å². The zero-order valence-corrected chi connectivity index (χ0v) is 13.2. The summed E-state index contributed by atoms with van der Waals surface area (Å²) in [6.45, 7) is 1.63. The van der Waals surface area contributed by atoms with Crippen LogP contribution in [0.2, 0.25) is 0 Å². The third kappa shape index (κ3) is 2.80. The van der Waals surface area contributed by atoms with E-state index in [0.717, 1.165) is 0 Å². The zero-order chi connectivity index (χ0) is 15.8. The molecule has 1 saturated carbocycles. The topological polar surface area (TPSA) is 61.8 Å². The lowest BCUT2D eigenvalue weighted by molar-refractivity contribution is -0.140. The Labute approximate surface area is 132 Å². The van der Waals surface area contributed by atoms with E-state index in [9.17, 15) is 9.59 Å². The van der Waals surface area contributed by atoms with E-state index in [-0.39, 0.29) is 17.1 Å². The van der Waals surface area contributed by atoms with Gasteiger partial charge in [-0.25, -0.2) is 4.79 Å². The molecular formula is C14H14Cl2O5. The van der Waals surface area contributed by atoms with Crippen LogP contribution in [0.5, 0.6) is 11.5 Å². The Kier molecular flexibility index (Phi) is 4.08. The Hall–Kier alpha value is -1.46. The molecule has 1 unspecified atom stereocenters. The van der Waals surface area contributed by atoms with Gasteiger partial charge in [0.15, 0.2) is 11.5 Å². The molecule has 0 saturated heterocycles. The third-order valence-electron chi connectivity index (χ3n) is 3.50. The molecular weight excluding hydrogens is 319 g/mol. The molecule has 21 heavy (non-hydrogen) atoms. The third-order valence-corrected chi connectivity index (χ3v) is 4.60. The molecule has 7 heteroatoms. The molecule has 0 amide bonds. The predicted octanol–water partition coefficient (Wildman–Crippen LogP) is 2.97. The molecule has 0 aliphatic heterocycles. The molecule has 1 aliphatic rings. The summed E-state index contributed by atoms with van der Waals surface area (Å²) in [7, 11) is 2.68. The van der Waals surface area contributed by atoms with Gasteiger partial charge in [-0.3, -0.25) is 4.79 Å². The fourth-order valence-electron chi connectivity index (χ4n) is 1.83. The molecule has 2 rings (SSSR count). The van der Waals surface area contributed by atoms with Gasteiger partial charge in [0.25, 0.3) is 0 Å². The van der Waals surface area contributed by atoms with Crippen LogP contribution in [0.1, 0.15) is 23.7 Å². The van der Waals surface area contributed by atoms with Crippen molar-refractivity contribution in [3.8, 4) is 11.5 Å². The van der Waals surface area contributed by atoms with Crippen LogP contribution in [-0.2, 0) is 9.53 Å². The summed E-state index contributed by atoms with van der Waals surface area (Å²) >= 11 is 11.9. The highest BCUT2D eigenvalue weighted by Crippen LogP contribution is 2.64. The van der Waals surface area contributed by atoms with Gasteiger partial charge < -0.3 is 14.2 Å². The summed E-state index contributed by atoms with van der Waals surface area (Å²) in [5.74, 6) is -0.630. The average Bonchev–Trinajstić information content (AvgIpc) is 2.98. The number of esters is 2. The van der Waals surface area contributed by atoms with E-state index in [1.54, 1.807) is 6.92 Å². The van der Waals surface area contributed by atoms with Crippen molar-refractivity contribution >= 4 is 35.1 Å². The minimum Gasteiger partial charge on any atom is -0.493 e. The van der Waals surface area contributed by atoms with Gasteiger partial charge in [0.1, 0.15) is 9.75 Å². The van der Waals surface area contributed by atoms with E-state index in [1.165, 1.54) is 32.4 Å². The maximum Gasteiger partial charge on any atom is 0.337 e. The lowest BCUT2D eigenvalue weighted by Crippen LogP contribution is -2.24. The van der Waals surface area contributed by atoms with E-state index in [0.29, 0.717) is 6.42 Å². The van der Waals surface area contributed by atoms with Gasteiger partial charge >= 0.3 is 11.9 Å². The molecule has 114 valence electrons. The fourth-order valence-corrected chi connectivity index (χ4v) is 2.52. The first-order valence-corrected chi connectivity index (χ1v) is 6.87. The van der Waals surface area contributed by atoms with Crippen LogP contribution in [0.4, 0.5) is 0 Å². The number of hydrogen-bond donors (Lipinski definition) is 0. The van der Waals surface area contributed by atoms with Crippen LogP contribution >= 0.6 is 23.2 Å². The van der Waals surface area contributed by atoms with Crippen molar-refractivity contribution < 1.29 is 23.8 Å². The molecule has 1 fully saturated rings. The monoisotopic (exact) mass is 332 g/mol. The first kappa shape index (κ1) is 15.9. The lowest BCUT2D eigenvalue weighted by atomic mass is 10.1. The number of halogens is 2. The van der Waals surface area contributed by atoms with Crippen LogP contribution in [0, 0.1) is 5.41 Å². The van der Waals surface area contributed by atoms with Crippen LogP contribution < -0.4 is 9.47 Å². The molecule has 1 aromatic rings. The SMILES string of the molecule is COC(=O)c1ccc(OC(=O)C2(C)CC2(Cl)Cl)c(OC)c1. The van der Waals surface area contributed by atoms with Crippen molar-refractivity contribution in [1.82, 2.24) is 0 Å². The summed E-state index contributed by atoms with van der Waals surface area (Å²) in [5, 5.41) is 0. The maximum atomic E-state index is 12.1. The number of ether oxygens (including phenoxy) is 3. The van der Waals surface area contributed by atoms with Gasteiger partial charge in [-0.15, -0.1) is 23.2 Å². The summed E-state index contributed by atoms with van der Waals surface area (Å²) in [6, 6.07) is 4.36. The summed E-state index contributed by atoms with van der Waals surface area (Å²) in [6.07, 6.45) is 0.324. The maximum absolute atomic E-state index is 12.1. The first-order chi connectivity index (χ1) is 9.75. The molecule has 0 N–H and O–H groups in total. The predicted molar refractivity (Wildman–Crippen MR) is 77.1 cm³/mol. The van der Waals surface area contributed by atoms with Crippen molar-refractivity contribution in [2.45, 2.75) is 17.7 Å². The van der Waals surface area contributed by atoms with Crippen LogP contribution in [0.25, 0.3) is 0 Å². The summed E-state index contributed by atoms with van der Waals surface area (Å²) < 4.78 is 13.9. The Balaban J connectivity index is 2.21. The normalized spacial score (nSPS) is 22.3. The second-order valence-electron chi connectivity index (χ2n) is 4.96. The first-order valence-electron chi connectivity index (χ1n) is 6.11. The number of rotatable bonds is 4. The van der Waals surface area contributed by atoms with Gasteiger partial charge in [-0.1, -0.05) is 0 Å². The van der Waals surface area contributed by atoms with E-state index in [2.05, 4.69) is 4.74 Å². The highest BCUT2D eigenvalue weighted by atomic mass is 35.5. The average molecular weight is 333 g/mol. The molecule has 1 atom stereocenters. The Bertz CT molecular complexity index is 599. The second-order valence-corrected chi connectivity index (χ2v) is 6.44. The van der Waals surface area contributed by atoms with Gasteiger partial charge in [-0.05, 0) is 25.1 Å². The summed E-state index contributed by atoms with van der Waals surface area (Å²) in [5.41, 5.74) is -0.655. The zero-order valence-electron chi connectivity index (χ0n) is 11.7. The number of carbonyl (C=O) groups is 2. The van der Waals surface area contributed by atoms with Gasteiger partial charge in [-0.2, -0.15) is 0 Å². The van der Waals surface area contributed by atoms with E-state index >= 15 is 0 Å². The summed E-state index contributed by atoms with van der Waals surface area (Å²) in [4.78, 5) is 23.6. The van der Waals surface area contributed by atoms with Crippen molar-refractivity contribution in [3.05, 3.63) is 23.8 Å². The van der Waals surface area contributed by atoms with E-state index in [1.807, 2.05) is 0 Å². The van der Waals surface area contributed by atoms with Gasteiger partial charge in [0.2, 0.25) is 0 Å². The lowest BCUT2D eigenvalue weighted by Gasteiger charge is -2.14. The molecule has 0 spiro atoms. The fraction of sp³-hybridized carbons (Fsp3) is 0.429. The highest BCUT2D eigenvalue weighted by Gasteiger charge is 2.69. The van der Waals surface area contributed by atoms with E-state index in [4.69, 9.17) is 32.7 Å². The largest absolute Gasteiger partial charge is 0.493 e. The molecule has 0 radical (unpaired) electrons. The molecule has 0 aromatic heterocycles. The number of alkyl halides is 2. The number of hydrogen-bond acceptors (Lipinski definition) is 5. The minimum atomic E-state index is -1.11. The second kappa shape index (κ2) is 5.39. The Morgan fingerprint density at radius 3 is 2.29 bits per heavy atom. The van der Waals surface area contributed by atoms with Crippen molar-refractivity contribution in [2.75, 3.05) is 14.2 Å². The van der Waals surface area contributed by atoms with Crippen molar-refractivity contribution in [2.24, 2.45) is 5.41 Å². The smallest absolute Gasteiger partial charge is 0.337 e. The molecule has 0 heterocycles. The van der Waals surface area contributed by atoms with Gasteiger partial charge in [0.05, 0.1) is 19.8 Å². The standard InChI is InChI=1S/C14H14Cl2O5/c1-13(7-14(13,15)16)12(18)21-9-5-4-8(11(17)20-3)6-10(9)19-2/h4-6H,7H2,1-3H3. The molecule has 0 bridgehead atoms. The molecule has 1 aliphatic carbocycles. The Morgan fingerprint density at radius 1 is 1.19 bits per heavy atom. The minimum absolute atomic E-state index is 0.187. The number of benzene rings is 1. The molecule has 1 aromatic carbocycles. The van der Waals surface area contributed by atoms with E-state index < -0.39 is 21.7 Å². The van der Waals surface area contributed by atoms with Crippen molar-refractivity contribution in [3.63, 3.8) is 0 Å². The number of carbonyl (C=O) groups excluding carboxylic acids is 2. The number of methoxy groups -OCH3 is 2. The van der Waals surface area contributed by atoms with Crippen LogP contribution in [0.15, 0.2) is 18.2 Å².